The van der Waals surface area contributed by atoms with E-state index < -0.39 is 0 Å². The van der Waals surface area contributed by atoms with E-state index >= 15 is 0 Å². The zero-order chi connectivity index (χ0) is 12.4. The van der Waals surface area contributed by atoms with Gasteiger partial charge < -0.3 is 5.73 Å². The van der Waals surface area contributed by atoms with Crippen molar-refractivity contribution in [3.63, 3.8) is 0 Å². The fourth-order valence-electron chi connectivity index (χ4n) is 1.98. The minimum Gasteiger partial charge on any atom is -0.320 e. The van der Waals surface area contributed by atoms with Crippen LogP contribution in [0.5, 0.6) is 0 Å². The van der Waals surface area contributed by atoms with Crippen LogP contribution in [0.3, 0.4) is 0 Å². The first-order valence-electron chi connectivity index (χ1n) is 5.84. The van der Waals surface area contributed by atoms with Gasteiger partial charge in [-0.05, 0) is 38.0 Å². The molecule has 1 aromatic carbocycles. The van der Waals surface area contributed by atoms with E-state index in [4.69, 9.17) is 5.73 Å². The molecule has 0 fully saturated rings. The molecule has 0 amide bonds. The first-order valence-corrected chi connectivity index (χ1v) is 5.84. The zero-order valence-corrected chi connectivity index (χ0v) is 10.6. The molecule has 2 heteroatoms. The van der Waals surface area contributed by atoms with Gasteiger partial charge in [0.2, 0.25) is 0 Å². The number of aromatic nitrogens is 1. The fourth-order valence-corrected chi connectivity index (χ4v) is 1.98. The van der Waals surface area contributed by atoms with E-state index in [2.05, 4.69) is 42.2 Å². The smallest absolute Gasteiger partial charge is 0.0569 e. The molecule has 17 heavy (non-hydrogen) atoms. The van der Waals surface area contributed by atoms with Gasteiger partial charge in [-0.1, -0.05) is 35.9 Å². The molecule has 0 aliphatic rings. The largest absolute Gasteiger partial charge is 0.320 e. The Morgan fingerprint density at radius 1 is 0.941 bits per heavy atom. The van der Waals surface area contributed by atoms with E-state index in [0.29, 0.717) is 0 Å². The number of rotatable bonds is 2. The Balaban J connectivity index is 2.36. The Morgan fingerprint density at radius 3 is 2.18 bits per heavy atom. The summed E-state index contributed by atoms with van der Waals surface area (Å²) in [6.07, 6.45) is 0. The average molecular weight is 226 g/mol. The van der Waals surface area contributed by atoms with E-state index in [1.54, 1.807) is 0 Å². The summed E-state index contributed by atoms with van der Waals surface area (Å²) in [7, 11) is 0. The molecule has 2 N–H and O–H groups in total. The predicted octanol–water partition coefficient (Wildman–Crippen LogP) is 3.05. The summed E-state index contributed by atoms with van der Waals surface area (Å²) < 4.78 is 0. The molecule has 0 bridgehead atoms. The zero-order valence-electron chi connectivity index (χ0n) is 10.6. The maximum absolute atomic E-state index is 6.28. The molecule has 1 atom stereocenters. The van der Waals surface area contributed by atoms with Gasteiger partial charge in [0, 0.05) is 11.4 Å². The average Bonchev–Trinajstić information content (AvgIpc) is 2.29. The highest BCUT2D eigenvalue weighted by Crippen LogP contribution is 2.22. The van der Waals surface area contributed by atoms with E-state index in [0.717, 1.165) is 22.5 Å². The van der Waals surface area contributed by atoms with Crippen molar-refractivity contribution in [3.8, 4) is 0 Å². The molecule has 2 rings (SSSR count). The van der Waals surface area contributed by atoms with Crippen molar-refractivity contribution >= 4 is 0 Å². The molecule has 0 spiro atoms. The molecular formula is C15H18N2. The Bertz CT molecular complexity index is 515. The molecule has 0 aliphatic heterocycles. The molecule has 1 heterocycles. The van der Waals surface area contributed by atoms with Gasteiger partial charge in [-0.25, -0.2) is 0 Å². The van der Waals surface area contributed by atoms with Gasteiger partial charge in [0.25, 0.3) is 0 Å². The molecule has 0 aliphatic carbocycles. The van der Waals surface area contributed by atoms with Crippen LogP contribution < -0.4 is 5.73 Å². The Labute approximate surface area is 103 Å². The Hall–Kier alpha value is -1.67. The summed E-state index contributed by atoms with van der Waals surface area (Å²) >= 11 is 0. The molecule has 88 valence electrons. The van der Waals surface area contributed by atoms with Crippen molar-refractivity contribution in [1.82, 2.24) is 4.98 Å². The monoisotopic (exact) mass is 226 g/mol. The third-order valence-corrected chi connectivity index (χ3v) is 3.04. The summed E-state index contributed by atoms with van der Waals surface area (Å²) in [5.74, 6) is 0. The van der Waals surface area contributed by atoms with Crippen LogP contribution in [-0.2, 0) is 0 Å². The quantitative estimate of drug-likeness (QED) is 0.854. The highest BCUT2D eigenvalue weighted by molar-refractivity contribution is 5.35. The molecule has 1 unspecified atom stereocenters. The second-order valence-electron chi connectivity index (χ2n) is 4.52. The predicted molar refractivity (Wildman–Crippen MR) is 70.9 cm³/mol. The maximum Gasteiger partial charge on any atom is 0.0569 e. The third kappa shape index (κ3) is 2.53. The Kier molecular flexibility index (Phi) is 3.25. The number of benzene rings is 1. The van der Waals surface area contributed by atoms with Crippen molar-refractivity contribution in [2.75, 3.05) is 0 Å². The van der Waals surface area contributed by atoms with Gasteiger partial charge >= 0.3 is 0 Å². The van der Waals surface area contributed by atoms with Crippen LogP contribution in [0.4, 0.5) is 0 Å². The number of aryl methyl sites for hydroxylation is 3. The van der Waals surface area contributed by atoms with Gasteiger partial charge in [-0.3, -0.25) is 4.98 Å². The topological polar surface area (TPSA) is 38.9 Å². The van der Waals surface area contributed by atoms with Crippen LogP contribution in [0, 0.1) is 20.8 Å². The van der Waals surface area contributed by atoms with Crippen molar-refractivity contribution in [2.24, 2.45) is 5.73 Å². The van der Waals surface area contributed by atoms with Crippen LogP contribution in [0.2, 0.25) is 0 Å². The Morgan fingerprint density at radius 2 is 1.59 bits per heavy atom. The van der Waals surface area contributed by atoms with Crippen LogP contribution in [-0.4, -0.2) is 4.98 Å². The number of hydrogen-bond donors (Lipinski definition) is 1. The minimum absolute atomic E-state index is 0.0938. The molecule has 2 aromatic rings. The van der Waals surface area contributed by atoms with Crippen molar-refractivity contribution in [1.29, 1.82) is 0 Å². The highest BCUT2D eigenvalue weighted by atomic mass is 14.7. The molecule has 0 saturated carbocycles. The van der Waals surface area contributed by atoms with Gasteiger partial charge in [-0.2, -0.15) is 0 Å². The summed E-state index contributed by atoms with van der Waals surface area (Å²) in [5, 5.41) is 0. The molecule has 1 aromatic heterocycles. The molecular weight excluding hydrogens is 208 g/mol. The van der Waals surface area contributed by atoms with E-state index in [9.17, 15) is 0 Å². The molecule has 0 saturated heterocycles. The second-order valence-corrected chi connectivity index (χ2v) is 4.52. The summed E-state index contributed by atoms with van der Waals surface area (Å²) in [5.41, 5.74) is 11.8. The number of nitrogens with zero attached hydrogens (tertiary/aromatic N) is 1. The summed E-state index contributed by atoms with van der Waals surface area (Å²) in [6.45, 7) is 6.08. The highest BCUT2D eigenvalue weighted by Gasteiger charge is 2.11. The van der Waals surface area contributed by atoms with E-state index in [1.165, 1.54) is 5.56 Å². The summed E-state index contributed by atoms with van der Waals surface area (Å²) in [6, 6.07) is 12.3. The lowest BCUT2D eigenvalue weighted by molar-refractivity contribution is 0.843. The molecule has 2 nitrogen and oxygen atoms in total. The van der Waals surface area contributed by atoms with Gasteiger partial charge in [0.15, 0.2) is 0 Å². The van der Waals surface area contributed by atoms with Crippen LogP contribution in [0.1, 0.15) is 34.1 Å². The van der Waals surface area contributed by atoms with Gasteiger partial charge in [0.1, 0.15) is 0 Å². The van der Waals surface area contributed by atoms with Crippen molar-refractivity contribution < 1.29 is 0 Å². The standard InChI is InChI=1S/C15H18N2/c1-10-4-7-13(8-5-10)15(16)14-9-6-11(2)17-12(14)3/h4-9,15H,16H2,1-3H3. The number of hydrogen-bond acceptors (Lipinski definition) is 2. The normalized spacial score (nSPS) is 12.5. The van der Waals surface area contributed by atoms with Crippen LogP contribution in [0.15, 0.2) is 36.4 Å². The third-order valence-electron chi connectivity index (χ3n) is 3.04. The van der Waals surface area contributed by atoms with Crippen molar-refractivity contribution in [3.05, 3.63) is 64.5 Å². The number of pyridine rings is 1. The molecule has 0 radical (unpaired) electrons. The van der Waals surface area contributed by atoms with Crippen LogP contribution >= 0.6 is 0 Å². The first-order chi connectivity index (χ1) is 8.08. The minimum atomic E-state index is -0.0938. The van der Waals surface area contributed by atoms with Gasteiger partial charge in [0.05, 0.1) is 6.04 Å². The van der Waals surface area contributed by atoms with Gasteiger partial charge in [-0.15, -0.1) is 0 Å². The fraction of sp³-hybridized carbons (Fsp3) is 0.267. The lowest BCUT2D eigenvalue weighted by Gasteiger charge is -2.15. The lowest BCUT2D eigenvalue weighted by Crippen LogP contribution is -2.14. The lowest BCUT2D eigenvalue weighted by atomic mass is 9.97. The van der Waals surface area contributed by atoms with E-state index in [-0.39, 0.29) is 6.04 Å². The SMILES string of the molecule is Cc1ccc(C(N)c2ccc(C)nc2C)cc1. The van der Waals surface area contributed by atoms with Crippen molar-refractivity contribution in [2.45, 2.75) is 26.8 Å². The summed E-state index contributed by atoms with van der Waals surface area (Å²) in [4.78, 5) is 4.46. The van der Waals surface area contributed by atoms with E-state index in [1.807, 2.05) is 19.9 Å². The first kappa shape index (κ1) is 11.8. The maximum atomic E-state index is 6.28. The number of nitrogens with two attached hydrogens (primary N) is 1. The second kappa shape index (κ2) is 4.68. The van der Waals surface area contributed by atoms with Crippen LogP contribution in [0.25, 0.3) is 0 Å².